The molecule has 1 aliphatic rings. The molecule has 0 amide bonds. The van der Waals surface area contributed by atoms with E-state index in [1.807, 2.05) is 0 Å². The van der Waals surface area contributed by atoms with Crippen LogP contribution in [0, 0.1) is 5.41 Å². The quantitative estimate of drug-likeness (QED) is 0.458. The average Bonchev–Trinajstić information content (AvgIpc) is 3.07. The highest BCUT2D eigenvalue weighted by atomic mass is 32.2. The SMILES string of the molecule is CCCCCCCS(=O)(=O)CC1(CC(=O)OC)CC1. The largest absolute Gasteiger partial charge is 0.469 e. The monoisotopic (exact) mass is 290 g/mol. The van der Waals surface area contributed by atoms with Crippen molar-refractivity contribution >= 4 is 15.8 Å². The van der Waals surface area contributed by atoms with Crippen LogP contribution < -0.4 is 0 Å². The van der Waals surface area contributed by atoms with Crippen LogP contribution in [-0.2, 0) is 19.4 Å². The van der Waals surface area contributed by atoms with Gasteiger partial charge >= 0.3 is 5.97 Å². The number of esters is 1. The van der Waals surface area contributed by atoms with Crippen LogP contribution in [0.5, 0.6) is 0 Å². The zero-order chi connectivity index (χ0) is 14.4. The molecule has 0 atom stereocenters. The topological polar surface area (TPSA) is 60.4 Å². The maximum absolute atomic E-state index is 12.0. The first-order chi connectivity index (χ1) is 8.93. The Morgan fingerprint density at radius 2 is 1.79 bits per heavy atom. The molecule has 0 aromatic carbocycles. The van der Waals surface area contributed by atoms with Gasteiger partial charge in [0.25, 0.3) is 0 Å². The second kappa shape index (κ2) is 7.27. The van der Waals surface area contributed by atoms with E-state index in [2.05, 4.69) is 11.7 Å². The summed E-state index contributed by atoms with van der Waals surface area (Å²) in [6, 6.07) is 0. The summed E-state index contributed by atoms with van der Waals surface area (Å²) in [6.07, 6.45) is 7.08. The minimum atomic E-state index is -3.03. The van der Waals surface area contributed by atoms with E-state index in [0.717, 1.165) is 38.5 Å². The number of carbonyl (C=O) groups is 1. The van der Waals surface area contributed by atoms with Gasteiger partial charge in [0.2, 0.25) is 0 Å². The van der Waals surface area contributed by atoms with Crippen molar-refractivity contribution in [2.24, 2.45) is 5.41 Å². The van der Waals surface area contributed by atoms with Gasteiger partial charge in [0.15, 0.2) is 9.84 Å². The number of hydrogen-bond acceptors (Lipinski definition) is 4. The van der Waals surface area contributed by atoms with E-state index < -0.39 is 9.84 Å². The molecule has 1 fully saturated rings. The lowest BCUT2D eigenvalue weighted by Crippen LogP contribution is -2.23. The molecule has 1 aliphatic carbocycles. The van der Waals surface area contributed by atoms with Crippen molar-refractivity contribution < 1.29 is 17.9 Å². The molecule has 1 saturated carbocycles. The number of hydrogen-bond donors (Lipinski definition) is 0. The summed E-state index contributed by atoms with van der Waals surface area (Å²) in [5, 5.41) is 0. The fourth-order valence-corrected chi connectivity index (χ4v) is 4.50. The molecule has 0 heterocycles. The molecule has 4 nitrogen and oxygen atoms in total. The highest BCUT2D eigenvalue weighted by Crippen LogP contribution is 2.50. The minimum Gasteiger partial charge on any atom is -0.469 e. The third kappa shape index (κ3) is 6.41. The van der Waals surface area contributed by atoms with Crippen LogP contribution >= 0.6 is 0 Å². The van der Waals surface area contributed by atoms with Crippen LogP contribution in [0.3, 0.4) is 0 Å². The van der Waals surface area contributed by atoms with Gasteiger partial charge in [-0.25, -0.2) is 8.42 Å². The smallest absolute Gasteiger partial charge is 0.306 e. The zero-order valence-electron chi connectivity index (χ0n) is 12.1. The third-order valence-corrected chi connectivity index (χ3v) is 5.75. The molecule has 0 unspecified atom stereocenters. The van der Waals surface area contributed by atoms with Gasteiger partial charge in [-0.3, -0.25) is 4.79 Å². The maximum atomic E-state index is 12.0. The van der Waals surface area contributed by atoms with Crippen LogP contribution in [0.1, 0.15) is 58.3 Å². The van der Waals surface area contributed by atoms with Crippen molar-refractivity contribution in [1.82, 2.24) is 0 Å². The summed E-state index contributed by atoms with van der Waals surface area (Å²) in [5.41, 5.74) is -0.310. The Hall–Kier alpha value is -0.580. The average molecular weight is 290 g/mol. The highest BCUT2D eigenvalue weighted by Gasteiger charge is 2.47. The first-order valence-electron chi connectivity index (χ1n) is 7.20. The standard InChI is InChI=1S/C14H26O4S/c1-3-4-5-6-7-10-19(16,17)12-14(8-9-14)11-13(15)18-2/h3-12H2,1-2H3. The predicted octanol–water partition coefficient (Wildman–Crippen LogP) is 2.71. The molecule has 0 spiro atoms. The molecule has 0 aromatic rings. The maximum Gasteiger partial charge on any atom is 0.306 e. The van der Waals surface area contributed by atoms with Crippen LogP contribution in [0.4, 0.5) is 0 Å². The van der Waals surface area contributed by atoms with Gasteiger partial charge in [-0.15, -0.1) is 0 Å². The number of carbonyl (C=O) groups excluding carboxylic acids is 1. The molecule has 0 N–H and O–H groups in total. The Morgan fingerprint density at radius 1 is 1.16 bits per heavy atom. The summed E-state index contributed by atoms with van der Waals surface area (Å²) in [4.78, 5) is 11.3. The van der Waals surface area contributed by atoms with Gasteiger partial charge in [-0.1, -0.05) is 32.6 Å². The molecule has 0 bridgehead atoms. The van der Waals surface area contributed by atoms with Crippen LogP contribution in [0.25, 0.3) is 0 Å². The normalized spacial score (nSPS) is 17.2. The summed E-state index contributed by atoms with van der Waals surface area (Å²) in [6.45, 7) is 2.14. The van der Waals surface area contributed by atoms with Crippen LogP contribution in [0.15, 0.2) is 0 Å². The van der Waals surface area contributed by atoms with Gasteiger partial charge < -0.3 is 4.74 Å². The van der Waals surface area contributed by atoms with Gasteiger partial charge in [-0.05, 0) is 24.7 Å². The number of rotatable bonds is 10. The van der Waals surface area contributed by atoms with Gasteiger partial charge in [0.1, 0.15) is 0 Å². The van der Waals surface area contributed by atoms with Gasteiger partial charge in [-0.2, -0.15) is 0 Å². The second-order valence-electron chi connectivity index (χ2n) is 5.76. The molecule has 19 heavy (non-hydrogen) atoms. The first-order valence-corrected chi connectivity index (χ1v) is 9.02. The molecule has 1 rings (SSSR count). The van der Waals surface area contributed by atoms with Crippen molar-refractivity contribution in [3.05, 3.63) is 0 Å². The van der Waals surface area contributed by atoms with Crippen molar-refractivity contribution in [2.45, 2.75) is 58.3 Å². The predicted molar refractivity (Wildman–Crippen MR) is 75.7 cm³/mol. The fraction of sp³-hybridized carbons (Fsp3) is 0.929. The third-order valence-electron chi connectivity index (χ3n) is 3.79. The first kappa shape index (κ1) is 16.5. The Balaban J connectivity index is 2.32. The number of sulfone groups is 1. The van der Waals surface area contributed by atoms with E-state index in [4.69, 9.17) is 0 Å². The molecule has 0 aliphatic heterocycles. The van der Waals surface area contributed by atoms with E-state index in [9.17, 15) is 13.2 Å². The Labute approximate surface area is 116 Å². The molecule has 0 radical (unpaired) electrons. The van der Waals surface area contributed by atoms with Gasteiger partial charge in [0, 0.05) is 0 Å². The molecular formula is C14H26O4S. The summed E-state index contributed by atoms with van der Waals surface area (Å²) in [7, 11) is -1.68. The highest BCUT2D eigenvalue weighted by molar-refractivity contribution is 7.91. The van der Waals surface area contributed by atoms with E-state index in [1.165, 1.54) is 13.5 Å². The van der Waals surface area contributed by atoms with Crippen molar-refractivity contribution in [2.75, 3.05) is 18.6 Å². The fourth-order valence-electron chi connectivity index (χ4n) is 2.39. The molecule has 0 saturated heterocycles. The van der Waals surface area contributed by atoms with Crippen molar-refractivity contribution in [3.8, 4) is 0 Å². The summed E-state index contributed by atoms with van der Waals surface area (Å²) < 4.78 is 28.7. The van der Waals surface area contributed by atoms with E-state index in [1.54, 1.807) is 0 Å². The van der Waals surface area contributed by atoms with E-state index in [0.29, 0.717) is 0 Å². The zero-order valence-corrected chi connectivity index (χ0v) is 12.9. The molecule has 112 valence electrons. The summed E-state index contributed by atoms with van der Waals surface area (Å²) in [5.74, 6) is 0.123. The van der Waals surface area contributed by atoms with Crippen molar-refractivity contribution in [1.29, 1.82) is 0 Å². The van der Waals surface area contributed by atoms with Crippen LogP contribution in [-0.4, -0.2) is 33.0 Å². The summed E-state index contributed by atoms with van der Waals surface area (Å²) >= 11 is 0. The number of methoxy groups -OCH3 is 1. The number of unbranched alkanes of at least 4 members (excludes halogenated alkanes) is 4. The lowest BCUT2D eigenvalue weighted by atomic mass is 10.1. The van der Waals surface area contributed by atoms with Gasteiger partial charge in [0.05, 0.1) is 25.0 Å². The van der Waals surface area contributed by atoms with E-state index >= 15 is 0 Å². The minimum absolute atomic E-state index is 0.156. The molecular weight excluding hydrogens is 264 g/mol. The Kier molecular flexibility index (Phi) is 6.30. The Morgan fingerprint density at radius 3 is 2.32 bits per heavy atom. The molecule has 0 aromatic heterocycles. The second-order valence-corrected chi connectivity index (χ2v) is 7.94. The lowest BCUT2D eigenvalue weighted by Gasteiger charge is -2.13. The Bertz CT molecular complexity index is 382. The number of ether oxygens (including phenoxy) is 1. The van der Waals surface area contributed by atoms with E-state index in [-0.39, 0.29) is 29.3 Å². The lowest BCUT2D eigenvalue weighted by molar-refractivity contribution is -0.141. The molecule has 5 heteroatoms. The van der Waals surface area contributed by atoms with Crippen LogP contribution in [0.2, 0.25) is 0 Å². The van der Waals surface area contributed by atoms with Crippen molar-refractivity contribution in [3.63, 3.8) is 0 Å².